The summed E-state index contributed by atoms with van der Waals surface area (Å²) in [6, 6.07) is 24.6. The highest BCUT2D eigenvalue weighted by Crippen LogP contribution is 2.58. The minimum Gasteiger partial charge on any atom is -0.382 e. The average molecular weight is 624 g/mol. The van der Waals surface area contributed by atoms with Crippen LogP contribution in [0.3, 0.4) is 0 Å². The summed E-state index contributed by atoms with van der Waals surface area (Å²) in [5.41, 5.74) is 1.35. The summed E-state index contributed by atoms with van der Waals surface area (Å²) < 4.78 is 24.5. The van der Waals surface area contributed by atoms with Crippen molar-refractivity contribution < 1.29 is 23.8 Å². The Bertz CT molecular complexity index is 1770. The van der Waals surface area contributed by atoms with Crippen LogP contribution < -0.4 is 9.80 Å². The molecule has 1 N–H and O–H groups in total. The van der Waals surface area contributed by atoms with Crippen molar-refractivity contribution in [1.82, 2.24) is 15.0 Å². The van der Waals surface area contributed by atoms with Crippen molar-refractivity contribution in [2.45, 2.75) is 70.2 Å². The van der Waals surface area contributed by atoms with Gasteiger partial charge in [-0.25, -0.2) is 4.39 Å². The van der Waals surface area contributed by atoms with Gasteiger partial charge in [-0.15, -0.1) is 5.10 Å². The number of fused-ring (bicyclic) bond motifs is 2. The van der Waals surface area contributed by atoms with E-state index in [0.717, 1.165) is 22.5 Å². The first-order valence-corrected chi connectivity index (χ1v) is 15.9. The molecule has 3 aromatic carbocycles. The van der Waals surface area contributed by atoms with Crippen LogP contribution in [0, 0.1) is 11.8 Å². The lowest BCUT2D eigenvalue weighted by Gasteiger charge is -2.32. The average Bonchev–Trinajstić information content (AvgIpc) is 3.70. The Hall–Kier alpha value is -4.41. The third-order valence-electron chi connectivity index (χ3n) is 9.88. The van der Waals surface area contributed by atoms with Gasteiger partial charge in [-0.3, -0.25) is 14.3 Å². The van der Waals surface area contributed by atoms with Crippen LogP contribution in [0.5, 0.6) is 0 Å². The molecule has 7 rings (SSSR count). The molecule has 0 saturated carbocycles. The van der Waals surface area contributed by atoms with Gasteiger partial charge in [0, 0.05) is 42.6 Å². The highest BCUT2D eigenvalue weighted by molar-refractivity contribution is 6.07. The fourth-order valence-electron chi connectivity index (χ4n) is 7.64. The zero-order valence-electron chi connectivity index (χ0n) is 26.2. The van der Waals surface area contributed by atoms with Crippen molar-refractivity contribution >= 4 is 23.2 Å². The van der Waals surface area contributed by atoms with Gasteiger partial charge in [-0.1, -0.05) is 72.8 Å². The Morgan fingerprint density at radius 3 is 2.54 bits per heavy atom. The van der Waals surface area contributed by atoms with Crippen LogP contribution in [0.2, 0.25) is 0 Å². The number of halogens is 1. The summed E-state index contributed by atoms with van der Waals surface area (Å²) in [5, 5.41) is 19.2. The molecule has 2 fully saturated rings. The standard InChI is InChI=1S/C36H38FN5O4/c1-23-32(35(2,3)37)30(16-18-40-22-28(38-39-40)33(44)25-11-5-4-6-12-25)46-36(23)27-14-7-8-15-29(27)42(34(36)45)21-24-10-9-13-26(20-24)41-19-17-31(41)43/h4-15,20,22-23,30,32-33,44H,16-19,21H2,1-3H3/t23-,30+,32-,33-,36+/m1/s1. The fraction of sp³-hybridized carbons (Fsp3) is 0.389. The van der Waals surface area contributed by atoms with Crippen molar-refractivity contribution in [2.24, 2.45) is 11.8 Å². The Morgan fingerprint density at radius 2 is 1.83 bits per heavy atom. The first-order valence-electron chi connectivity index (χ1n) is 15.9. The summed E-state index contributed by atoms with van der Waals surface area (Å²) in [5.74, 6) is -1.17. The number of aliphatic hydroxyl groups excluding tert-OH is 1. The highest BCUT2D eigenvalue weighted by atomic mass is 19.1. The molecular formula is C36H38FN5O4. The molecule has 5 atom stereocenters. The number of β-lactam (4-membered cyclic amide) rings is 1. The van der Waals surface area contributed by atoms with Gasteiger partial charge in [0.15, 0.2) is 5.60 Å². The van der Waals surface area contributed by atoms with E-state index in [1.165, 1.54) is 0 Å². The molecule has 4 aromatic rings. The molecule has 2 amide bonds. The summed E-state index contributed by atoms with van der Waals surface area (Å²) >= 11 is 0. The van der Waals surface area contributed by atoms with Crippen molar-refractivity contribution in [3.05, 3.63) is 107 Å². The number of hydrogen-bond donors (Lipinski definition) is 1. The molecule has 3 aliphatic heterocycles. The van der Waals surface area contributed by atoms with Crippen LogP contribution in [0.4, 0.5) is 15.8 Å². The van der Waals surface area contributed by atoms with Crippen molar-refractivity contribution in [2.75, 3.05) is 16.3 Å². The number of aliphatic hydroxyl groups is 1. The van der Waals surface area contributed by atoms with Crippen molar-refractivity contribution in [1.29, 1.82) is 0 Å². The van der Waals surface area contributed by atoms with Crippen molar-refractivity contribution in [3.63, 3.8) is 0 Å². The molecule has 3 aliphatic rings. The number of ether oxygens (including phenoxy) is 1. The largest absolute Gasteiger partial charge is 0.382 e. The van der Waals surface area contributed by atoms with E-state index in [1.807, 2.05) is 85.8 Å². The molecule has 0 aliphatic carbocycles. The van der Waals surface area contributed by atoms with E-state index in [1.54, 1.807) is 34.5 Å². The fourth-order valence-corrected chi connectivity index (χ4v) is 7.64. The van der Waals surface area contributed by atoms with Crippen LogP contribution in [0.15, 0.2) is 85.1 Å². The Labute approximate surface area is 267 Å². The van der Waals surface area contributed by atoms with Gasteiger partial charge in [-0.2, -0.15) is 0 Å². The van der Waals surface area contributed by atoms with E-state index < -0.39 is 35.3 Å². The second-order valence-corrected chi connectivity index (χ2v) is 13.2. The molecule has 1 spiro atoms. The topological polar surface area (TPSA) is 101 Å². The van der Waals surface area contributed by atoms with Gasteiger partial charge in [0.25, 0.3) is 5.91 Å². The van der Waals surface area contributed by atoms with E-state index in [9.17, 15) is 14.7 Å². The maximum atomic E-state index is 16.1. The van der Waals surface area contributed by atoms with E-state index >= 15 is 4.39 Å². The maximum Gasteiger partial charge on any atom is 0.264 e. The monoisotopic (exact) mass is 623 g/mol. The number of anilines is 2. The number of para-hydroxylation sites is 1. The van der Waals surface area contributed by atoms with Gasteiger partial charge in [0.2, 0.25) is 5.91 Å². The second kappa shape index (κ2) is 11.4. The van der Waals surface area contributed by atoms with Gasteiger partial charge < -0.3 is 19.6 Å². The van der Waals surface area contributed by atoms with Gasteiger partial charge in [-0.05, 0) is 49.6 Å². The molecule has 10 heteroatoms. The molecule has 2 saturated heterocycles. The lowest BCUT2D eigenvalue weighted by molar-refractivity contribution is -0.146. The van der Waals surface area contributed by atoms with Crippen LogP contribution >= 0.6 is 0 Å². The van der Waals surface area contributed by atoms with E-state index in [-0.39, 0.29) is 11.8 Å². The second-order valence-electron chi connectivity index (χ2n) is 13.2. The molecular weight excluding hydrogens is 585 g/mol. The number of benzene rings is 3. The van der Waals surface area contributed by atoms with Gasteiger partial charge in [0.1, 0.15) is 17.5 Å². The predicted molar refractivity (Wildman–Crippen MR) is 171 cm³/mol. The summed E-state index contributed by atoms with van der Waals surface area (Å²) in [6.07, 6.45) is 1.14. The lowest BCUT2D eigenvalue weighted by atomic mass is 9.71. The minimum absolute atomic E-state index is 0.0901. The van der Waals surface area contributed by atoms with Crippen molar-refractivity contribution in [3.8, 4) is 0 Å². The number of rotatable bonds is 9. The molecule has 0 radical (unpaired) electrons. The number of carbonyl (C=O) groups excluding carboxylic acids is 2. The number of amides is 2. The summed E-state index contributed by atoms with van der Waals surface area (Å²) in [4.78, 5) is 30.2. The number of carbonyl (C=O) groups is 2. The Kier molecular flexibility index (Phi) is 7.52. The molecule has 46 heavy (non-hydrogen) atoms. The minimum atomic E-state index is -1.63. The predicted octanol–water partition coefficient (Wildman–Crippen LogP) is 5.33. The zero-order chi connectivity index (χ0) is 32.2. The molecule has 4 heterocycles. The van der Waals surface area contributed by atoms with Crippen LogP contribution in [-0.4, -0.2) is 50.2 Å². The van der Waals surface area contributed by atoms with Crippen LogP contribution in [-0.2, 0) is 33.0 Å². The van der Waals surface area contributed by atoms with Crippen LogP contribution in [0.25, 0.3) is 0 Å². The third kappa shape index (κ3) is 5.00. The molecule has 0 bridgehead atoms. The number of nitrogens with zero attached hydrogens (tertiary/aromatic N) is 5. The first-order chi connectivity index (χ1) is 22.1. The molecule has 1 aromatic heterocycles. The summed E-state index contributed by atoms with van der Waals surface area (Å²) in [6.45, 7) is 6.38. The normalized spacial score (nSPS) is 24.8. The van der Waals surface area contributed by atoms with E-state index in [4.69, 9.17) is 4.74 Å². The Balaban J connectivity index is 1.15. The molecule has 9 nitrogen and oxygen atoms in total. The first kappa shape index (κ1) is 30.3. The van der Waals surface area contributed by atoms with E-state index in [0.29, 0.717) is 43.7 Å². The SMILES string of the molecule is C[C@@H]1[C@@H](C(C)(C)F)[C@H](CCn2cc([C@H](O)c3ccccc3)nn2)O[C@@]12C(=O)N(Cc1cccc(N3CCC3=O)c1)c1ccccc12. The van der Waals surface area contributed by atoms with E-state index in [2.05, 4.69) is 10.3 Å². The van der Waals surface area contributed by atoms with Crippen LogP contribution in [0.1, 0.15) is 62.1 Å². The molecule has 238 valence electrons. The zero-order valence-corrected chi connectivity index (χ0v) is 26.2. The quantitative estimate of drug-likeness (QED) is 0.253. The number of aryl methyl sites for hydroxylation is 1. The number of hydrogen-bond acceptors (Lipinski definition) is 6. The van der Waals surface area contributed by atoms with Gasteiger partial charge >= 0.3 is 0 Å². The van der Waals surface area contributed by atoms with Gasteiger partial charge in [0.05, 0.1) is 24.5 Å². The Morgan fingerprint density at radius 1 is 1.07 bits per heavy atom. The lowest BCUT2D eigenvalue weighted by Crippen LogP contribution is -2.45. The summed E-state index contributed by atoms with van der Waals surface area (Å²) in [7, 11) is 0. The maximum absolute atomic E-state index is 16.1. The molecule has 0 unspecified atom stereocenters. The number of alkyl halides is 1. The number of aromatic nitrogens is 3. The third-order valence-corrected chi connectivity index (χ3v) is 9.88. The smallest absolute Gasteiger partial charge is 0.264 e. The highest BCUT2D eigenvalue weighted by Gasteiger charge is 2.66.